The number of nitrogens with one attached hydrogen (secondary N) is 1. The summed E-state index contributed by atoms with van der Waals surface area (Å²) in [5, 5.41) is 2.75. The normalized spacial score (nSPS) is 15.4. The standard InChI is InChI=1S/C28H41N3O6SSi/c1-28(2,3)37-27(33)29-16-10-13-22-14-15-24(25(19-22)36-21-23-11-8-7-9-12-23)31-20-26(32)30(38(31,34)35)17-18-39(4,5)6/h7-9,11-12,14-15,19H,10,13,16-18,20-21H2,1-6H3,(H,29,33). The Labute approximate surface area is 233 Å². The molecule has 0 atom stereocenters. The smallest absolute Gasteiger partial charge is 0.407 e. The van der Waals surface area contributed by atoms with Gasteiger partial charge in [-0.2, -0.15) is 8.42 Å². The number of amides is 2. The largest absolute Gasteiger partial charge is 0.487 e. The Morgan fingerprint density at radius 3 is 2.38 bits per heavy atom. The average Bonchev–Trinajstić information content (AvgIpc) is 3.05. The van der Waals surface area contributed by atoms with Crippen LogP contribution in [-0.2, 0) is 32.8 Å². The van der Waals surface area contributed by atoms with Gasteiger partial charge < -0.3 is 14.8 Å². The molecule has 0 aromatic heterocycles. The summed E-state index contributed by atoms with van der Waals surface area (Å²) in [6.07, 6.45) is 0.820. The van der Waals surface area contributed by atoms with Crippen LogP contribution in [0.3, 0.4) is 0 Å². The molecule has 1 aliphatic heterocycles. The molecule has 214 valence electrons. The van der Waals surface area contributed by atoms with Gasteiger partial charge in [0.25, 0.3) is 5.91 Å². The van der Waals surface area contributed by atoms with Crippen LogP contribution in [0, 0.1) is 0 Å². The lowest BCUT2D eigenvalue weighted by molar-refractivity contribution is -0.123. The summed E-state index contributed by atoms with van der Waals surface area (Å²) in [5.74, 6) is -0.0422. The molecule has 0 spiro atoms. The van der Waals surface area contributed by atoms with E-state index in [-0.39, 0.29) is 19.7 Å². The zero-order chi connectivity index (χ0) is 28.8. The van der Waals surface area contributed by atoms with E-state index in [0.29, 0.717) is 36.9 Å². The molecule has 2 aromatic rings. The van der Waals surface area contributed by atoms with E-state index >= 15 is 0 Å². The molecule has 3 rings (SSSR count). The summed E-state index contributed by atoms with van der Waals surface area (Å²) < 4.78 is 40.4. The van der Waals surface area contributed by atoms with Gasteiger partial charge in [0.2, 0.25) is 0 Å². The van der Waals surface area contributed by atoms with Gasteiger partial charge in [-0.3, -0.25) is 4.79 Å². The van der Waals surface area contributed by atoms with Gasteiger partial charge in [-0.1, -0.05) is 56.0 Å². The van der Waals surface area contributed by atoms with E-state index in [2.05, 4.69) is 25.0 Å². The van der Waals surface area contributed by atoms with Crippen molar-refractivity contribution in [2.75, 3.05) is 23.9 Å². The van der Waals surface area contributed by atoms with Gasteiger partial charge in [-0.05, 0) is 62.9 Å². The molecule has 0 unspecified atom stereocenters. The van der Waals surface area contributed by atoms with Gasteiger partial charge in [0.05, 0.1) is 5.69 Å². The van der Waals surface area contributed by atoms with Crippen LogP contribution in [0.1, 0.15) is 38.3 Å². The van der Waals surface area contributed by atoms with Crippen molar-refractivity contribution in [3.63, 3.8) is 0 Å². The van der Waals surface area contributed by atoms with Gasteiger partial charge in [-0.25, -0.2) is 13.4 Å². The number of carbonyl (C=O) groups excluding carboxylic acids is 2. The van der Waals surface area contributed by atoms with Crippen molar-refractivity contribution in [1.82, 2.24) is 9.62 Å². The molecule has 0 saturated carbocycles. The number of carbonyl (C=O) groups is 2. The minimum Gasteiger partial charge on any atom is -0.487 e. The fourth-order valence-electron chi connectivity index (χ4n) is 3.99. The monoisotopic (exact) mass is 575 g/mol. The van der Waals surface area contributed by atoms with Crippen molar-refractivity contribution in [2.24, 2.45) is 0 Å². The highest BCUT2D eigenvalue weighted by molar-refractivity contribution is 7.91. The van der Waals surface area contributed by atoms with Crippen LogP contribution >= 0.6 is 0 Å². The predicted molar refractivity (Wildman–Crippen MR) is 156 cm³/mol. The maximum Gasteiger partial charge on any atom is 0.407 e. The Kier molecular flexibility index (Phi) is 9.71. The molecule has 11 heteroatoms. The summed E-state index contributed by atoms with van der Waals surface area (Å²) in [7, 11) is -5.58. The Morgan fingerprint density at radius 2 is 1.74 bits per heavy atom. The average molecular weight is 576 g/mol. The van der Waals surface area contributed by atoms with Crippen LogP contribution in [0.4, 0.5) is 10.5 Å². The Balaban J connectivity index is 1.78. The lowest BCUT2D eigenvalue weighted by Crippen LogP contribution is -2.37. The zero-order valence-corrected chi connectivity index (χ0v) is 25.6. The van der Waals surface area contributed by atoms with Crippen molar-refractivity contribution in [3.05, 3.63) is 59.7 Å². The molecule has 39 heavy (non-hydrogen) atoms. The van der Waals surface area contributed by atoms with E-state index < -0.39 is 35.9 Å². The molecule has 2 aromatic carbocycles. The molecular weight excluding hydrogens is 534 g/mol. The van der Waals surface area contributed by atoms with Gasteiger partial charge in [0.15, 0.2) is 0 Å². The first-order valence-electron chi connectivity index (χ1n) is 13.3. The molecule has 1 N–H and O–H groups in total. The number of benzene rings is 2. The van der Waals surface area contributed by atoms with E-state index in [1.807, 2.05) is 63.2 Å². The van der Waals surface area contributed by atoms with Crippen LogP contribution in [0.25, 0.3) is 0 Å². The number of ether oxygens (including phenoxy) is 2. The lowest BCUT2D eigenvalue weighted by atomic mass is 10.1. The third-order valence-corrected chi connectivity index (χ3v) is 9.57. The maximum absolute atomic E-state index is 13.4. The van der Waals surface area contributed by atoms with E-state index in [1.54, 1.807) is 6.07 Å². The molecule has 0 radical (unpaired) electrons. The fourth-order valence-corrected chi connectivity index (χ4v) is 6.59. The minimum absolute atomic E-state index is 0.191. The number of nitrogens with zero attached hydrogens (tertiary/aromatic N) is 2. The highest BCUT2D eigenvalue weighted by atomic mass is 32.2. The van der Waals surface area contributed by atoms with Crippen molar-refractivity contribution < 1.29 is 27.5 Å². The van der Waals surface area contributed by atoms with E-state index in [4.69, 9.17) is 9.47 Å². The Bertz CT molecular complexity index is 1260. The van der Waals surface area contributed by atoms with Crippen molar-refractivity contribution in [3.8, 4) is 5.75 Å². The van der Waals surface area contributed by atoms with Crippen LogP contribution in [-0.4, -0.2) is 58.0 Å². The second-order valence-electron chi connectivity index (χ2n) is 11.9. The summed E-state index contributed by atoms with van der Waals surface area (Å²) >= 11 is 0. The topological polar surface area (TPSA) is 105 Å². The molecule has 1 heterocycles. The van der Waals surface area contributed by atoms with E-state index in [1.165, 1.54) is 0 Å². The first-order valence-corrected chi connectivity index (χ1v) is 18.4. The third-order valence-electron chi connectivity index (χ3n) is 6.02. The van der Waals surface area contributed by atoms with Crippen LogP contribution in [0.5, 0.6) is 5.75 Å². The second kappa shape index (κ2) is 12.4. The highest BCUT2D eigenvalue weighted by Crippen LogP contribution is 2.36. The van der Waals surface area contributed by atoms with Crippen molar-refractivity contribution in [2.45, 2.75) is 71.5 Å². The minimum atomic E-state index is -4.02. The highest BCUT2D eigenvalue weighted by Gasteiger charge is 2.43. The van der Waals surface area contributed by atoms with Gasteiger partial charge >= 0.3 is 16.3 Å². The molecule has 9 nitrogen and oxygen atoms in total. The van der Waals surface area contributed by atoms with Crippen molar-refractivity contribution in [1.29, 1.82) is 0 Å². The first-order chi connectivity index (χ1) is 18.2. The molecule has 1 saturated heterocycles. The Morgan fingerprint density at radius 1 is 1.05 bits per heavy atom. The van der Waals surface area contributed by atoms with Gasteiger partial charge in [0.1, 0.15) is 24.5 Å². The summed E-state index contributed by atoms with van der Waals surface area (Å²) in [4.78, 5) is 24.7. The molecular formula is C28H41N3O6SSi. The van der Waals surface area contributed by atoms with Gasteiger partial charge in [0, 0.05) is 21.2 Å². The molecule has 0 aliphatic carbocycles. The number of hydrogen-bond acceptors (Lipinski definition) is 6. The number of rotatable bonds is 11. The van der Waals surface area contributed by atoms with E-state index in [9.17, 15) is 18.0 Å². The molecule has 1 fully saturated rings. The molecule has 2 amide bonds. The van der Waals surface area contributed by atoms with Crippen LogP contribution < -0.4 is 14.4 Å². The Hall–Kier alpha value is -3.05. The number of anilines is 1. The third kappa shape index (κ3) is 8.99. The summed E-state index contributed by atoms with van der Waals surface area (Å²) in [6.45, 7) is 12.5. The van der Waals surface area contributed by atoms with E-state index in [0.717, 1.165) is 19.7 Å². The van der Waals surface area contributed by atoms with Crippen molar-refractivity contribution >= 4 is 36.0 Å². The summed E-state index contributed by atoms with van der Waals surface area (Å²) in [5.41, 5.74) is 1.64. The maximum atomic E-state index is 13.4. The summed E-state index contributed by atoms with van der Waals surface area (Å²) in [6, 6.07) is 15.6. The van der Waals surface area contributed by atoms with Crippen LogP contribution in [0.15, 0.2) is 48.5 Å². The number of alkyl carbamates (subject to hydrolysis) is 1. The zero-order valence-electron chi connectivity index (χ0n) is 23.8. The second-order valence-corrected chi connectivity index (χ2v) is 19.3. The number of hydrogen-bond donors (Lipinski definition) is 1. The fraction of sp³-hybridized carbons (Fsp3) is 0.500. The SMILES string of the molecule is CC(C)(C)OC(=O)NCCCc1ccc(N2CC(=O)N(CC[Si](C)(C)C)S2(=O)=O)c(OCc2ccccc2)c1. The predicted octanol–water partition coefficient (Wildman–Crippen LogP) is 4.95. The van der Waals surface area contributed by atoms with Crippen LogP contribution in [0.2, 0.25) is 25.7 Å². The first kappa shape index (κ1) is 30.5. The molecule has 0 bridgehead atoms. The lowest BCUT2D eigenvalue weighted by Gasteiger charge is -2.24. The molecule has 1 aliphatic rings. The quantitative estimate of drug-likeness (QED) is 0.300. The number of aryl methyl sites for hydroxylation is 1. The van der Waals surface area contributed by atoms with Gasteiger partial charge in [-0.15, -0.1) is 0 Å².